The molecule has 1 amide bonds. The highest BCUT2D eigenvalue weighted by molar-refractivity contribution is 6.04. The van der Waals surface area contributed by atoms with Crippen LogP contribution in [-0.2, 0) is 0 Å². The molecule has 0 aliphatic carbocycles. The summed E-state index contributed by atoms with van der Waals surface area (Å²) in [6.07, 6.45) is 0. The molecule has 0 bridgehead atoms. The first kappa shape index (κ1) is 12.6. The van der Waals surface area contributed by atoms with Gasteiger partial charge in [-0.1, -0.05) is 17.3 Å². The molecule has 1 aromatic carbocycles. The van der Waals surface area contributed by atoms with Gasteiger partial charge in [-0.15, -0.1) is 0 Å². The van der Waals surface area contributed by atoms with E-state index in [0.29, 0.717) is 11.4 Å². The highest BCUT2D eigenvalue weighted by Crippen LogP contribution is 2.23. The van der Waals surface area contributed by atoms with Gasteiger partial charge < -0.3 is 19.7 Å². The van der Waals surface area contributed by atoms with Gasteiger partial charge in [-0.2, -0.15) is 0 Å². The number of carbonyl (C=O) groups excluding carboxylic acids is 1. The molecule has 0 radical (unpaired) electrons. The number of nitrogens with one attached hydrogen (secondary N) is 1. The number of anilines is 1. The summed E-state index contributed by atoms with van der Waals surface area (Å²) in [5, 5.41) is 14.6. The topological polar surface area (TPSA) is 102 Å². The molecule has 0 spiro atoms. The first-order valence-electron chi connectivity index (χ1n) is 5.26. The van der Waals surface area contributed by atoms with E-state index in [-0.39, 0.29) is 5.69 Å². The number of amides is 1. The van der Waals surface area contributed by atoms with Gasteiger partial charge >= 0.3 is 5.97 Å². The molecule has 19 heavy (non-hydrogen) atoms. The number of rotatable bonds is 4. The van der Waals surface area contributed by atoms with Crippen LogP contribution in [0.25, 0.3) is 0 Å². The Morgan fingerprint density at radius 1 is 1.37 bits per heavy atom. The normalized spacial score (nSPS) is 9.95. The average molecular weight is 262 g/mol. The van der Waals surface area contributed by atoms with Crippen LogP contribution in [0.3, 0.4) is 0 Å². The maximum Gasteiger partial charge on any atom is 0.374 e. The summed E-state index contributed by atoms with van der Waals surface area (Å²) in [4.78, 5) is 22.4. The number of methoxy groups -OCH3 is 1. The van der Waals surface area contributed by atoms with Crippen molar-refractivity contribution in [2.24, 2.45) is 0 Å². The van der Waals surface area contributed by atoms with Crippen LogP contribution in [0.2, 0.25) is 0 Å². The highest BCUT2D eigenvalue weighted by atomic mass is 16.5. The average Bonchev–Trinajstić information content (AvgIpc) is 2.89. The van der Waals surface area contributed by atoms with E-state index in [1.807, 2.05) is 0 Å². The lowest BCUT2D eigenvalue weighted by atomic mass is 10.2. The van der Waals surface area contributed by atoms with Crippen molar-refractivity contribution in [3.8, 4) is 5.75 Å². The van der Waals surface area contributed by atoms with E-state index in [2.05, 4.69) is 15.0 Å². The molecule has 7 heteroatoms. The Morgan fingerprint density at radius 2 is 2.11 bits per heavy atom. The van der Waals surface area contributed by atoms with Crippen molar-refractivity contribution < 1.29 is 24.0 Å². The monoisotopic (exact) mass is 262 g/mol. The van der Waals surface area contributed by atoms with Crippen molar-refractivity contribution in [1.82, 2.24) is 5.16 Å². The minimum atomic E-state index is -1.29. The van der Waals surface area contributed by atoms with Crippen LogP contribution in [0.1, 0.15) is 21.0 Å². The van der Waals surface area contributed by atoms with Crippen LogP contribution < -0.4 is 10.1 Å². The Bertz CT molecular complexity index is 620. The van der Waals surface area contributed by atoms with Crippen molar-refractivity contribution in [2.75, 3.05) is 12.4 Å². The third-order valence-electron chi connectivity index (χ3n) is 2.31. The van der Waals surface area contributed by atoms with Crippen molar-refractivity contribution >= 4 is 17.6 Å². The maximum absolute atomic E-state index is 11.8. The maximum atomic E-state index is 11.8. The number of hydrogen-bond acceptors (Lipinski definition) is 5. The predicted molar refractivity (Wildman–Crippen MR) is 64.4 cm³/mol. The van der Waals surface area contributed by atoms with Gasteiger partial charge in [-0.3, -0.25) is 4.79 Å². The Kier molecular flexibility index (Phi) is 3.46. The van der Waals surface area contributed by atoms with Crippen molar-refractivity contribution in [3.63, 3.8) is 0 Å². The molecule has 2 rings (SSSR count). The lowest BCUT2D eigenvalue weighted by Gasteiger charge is -2.07. The van der Waals surface area contributed by atoms with Crippen LogP contribution in [0.15, 0.2) is 34.9 Å². The zero-order chi connectivity index (χ0) is 13.8. The summed E-state index contributed by atoms with van der Waals surface area (Å²) in [7, 11) is 1.48. The van der Waals surface area contributed by atoms with Crippen molar-refractivity contribution in [1.29, 1.82) is 0 Å². The number of benzene rings is 1. The van der Waals surface area contributed by atoms with Crippen LogP contribution in [0, 0.1) is 0 Å². The second kappa shape index (κ2) is 5.21. The third-order valence-corrected chi connectivity index (χ3v) is 2.31. The molecule has 0 atom stereocenters. The van der Waals surface area contributed by atoms with E-state index in [4.69, 9.17) is 9.84 Å². The van der Waals surface area contributed by atoms with E-state index >= 15 is 0 Å². The largest absolute Gasteiger partial charge is 0.495 e. The molecule has 98 valence electrons. The Labute approximate surface area is 107 Å². The highest BCUT2D eigenvalue weighted by Gasteiger charge is 2.17. The molecule has 2 N–H and O–H groups in total. The summed E-state index contributed by atoms with van der Waals surface area (Å²) in [5.74, 6) is -1.78. The van der Waals surface area contributed by atoms with Crippen LogP contribution in [-0.4, -0.2) is 29.2 Å². The quantitative estimate of drug-likeness (QED) is 0.868. The number of carboxylic acids is 1. The zero-order valence-corrected chi connectivity index (χ0v) is 9.91. The molecule has 1 aromatic heterocycles. The minimum absolute atomic E-state index is 0.122. The lowest BCUT2D eigenvalue weighted by Crippen LogP contribution is -2.12. The van der Waals surface area contributed by atoms with Crippen molar-refractivity contribution in [3.05, 3.63) is 41.8 Å². The Morgan fingerprint density at radius 3 is 2.74 bits per heavy atom. The number of aromatic carboxylic acids is 1. The summed E-state index contributed by atoms with van der Waals surface area (Å²) in [6, 6.07) is 7.86. The van der Waals surface area contributed by atoms with Crippen LogP contribution in [0.4, 0.5) is 5.69 Å². The van der Waals surface area contributed by atoms with Gasteiger partial charge in [0.25, 0.3) is 5.91 Å². The lowest BCUT2D eigenvalue weighted by molar-refractivity contribution is 0.0651. The van der Waals surface area contributed by atoms with E-state index in [1.165, 1.54) is 7.11 Å². The standard InChI is InChI=1S/C12H10N2O5/c1-18-9-5-3-2-4-7(9)13-11(15)8-6-10(12(16)17)19-14-8/h2-6H,1H3,(H,13,15)(H,16,17). The summed E-state index contributed by atoms with van der Waals surface area (Å²) in [5.41, 5.74) is 0.332. The molecular formula is C12H10N2O5. The molecule has 0 aliphatic rings. The van der Waals surface area contributed by atoms with E-state index < -0.39 is 17.6 Å². The van der Waals surface area contributed by atoms with Crippen molar-refractivity contribution in [2.45, 2.75) is 0 Å². The first-order valence-corrected chi connectivity index (χ1v) is 5.26. The third kappa shape index (κ3) is 2.71. The molecule has 0 aliphatic heterocycles. The van der Waals surface area contributed by atoms with Gasteiger partial charge in [-0.25, -0.2) is 4.79 Å². The number of aromatic nitrogens is 1. The predicted octanol–water partition coefficient (Wildman–Crippen LogP) is 1.63. The number of carboxylic acid groups (broad SMARTS) is 1. The van der Waals surface area contributed by atoms with Crippen LogP contribution >= 0.6 is 0 Å². The van der Waals surface area contributed by atoms with Gasteiger partial charge in [0.15, 0.2) is 5.69 Å². The second-order valence-corrected chi connectivity index (χ2v) is 3.54. The zero-order valence-electron chi connectivity index (χ0n) is 9.91. The SMILES string of the molecule is COc1ccccc1NC(=O)c1cc(C(=O)O)on1. The fourth-order valence-corrected chi connectivity index (χ4v) is 1.42. The van der Waals surface area contributed by atoms with E-state index in [0.717, 1.165) is 6.07 Å². The van der Waals surface area contributed by atoms with Gasteiger partial charge in [0.2, 0.25) is 5.76 Å². The molecule has 0 fully saturated rings. The fraction of sp³-hybridized carbons (Fsp3) is 0.0833. The Hall–Kier alpha value is -2.83. The summed E-state index contributed by atoms with van der Waals surface area (Å²) >= 11 is 0. The molecule has 0 unspecified atom stereocenters. The molecular weight excluding hydrogens is 252 g/mol. The van der Waals surface area contributed by atoms with Gasteiger partial charge in [0, 0.05) is 6.07 Å². The minimum Gasteiger partial charge on any atom is -0.495 e. The fourth-order valence-electron chi connectivity index (χ4n) is 1.42. The van der Waals surface area contributed by atoms with E-state index in [1.54, 1.807) is 24.3 Å². The number of hydrogen-bond donors (Lipinski definition) is 2. The molecule has 0 saturated heterocycles. The summed E-state index contributed by atoms with van der Waals surface area (Å²) in [6.45, 7) is 0. The van der Waals surface area contributed by atoms with Gasteiger partial charge in [-0.05, 0) is 12.1 Å². The second-order valence-electron chi connectivity index (χ2n) is 3.54. The Balaban J connectivity index is 2.18. The number of ether oxygens (including phenoxy) is 1. The molecule has 2 aromatic rings. The number of carbonyl (C=O) groups is 2. The van der Waals surface area contributed by atoms with Gasteiger partial charge in [0.05, 0.1) is 12.8 Å². The summed E-state index contributed by atoms with van der Waals surface area (Å²) < 4.78 is 9.57. The first-order chi connectivity index (χ1) is 9.11. The number of nitrogens with zero attached hydrogens (tertiary/aromatic N) is 1. The molecule has 1 heterocycles. The van der Waals surface area contributed by atoms with E-state index in [9.17, 15) is 9.59 Å². The molecule has 0 saturated carbocycles. The number of para-hydroxylation sites is 2. The van der Waals surface area contributed by atoms with Crippen LogP contribution in [0.5, 0.6) is 5.75 Å². The smallest absolute Gasteiger partial charge is 0.374 e. The molecule has 7 nitrogen and oxygen atoms in total. The van der Waals surface area contributed by atoms with Gasteiger partial charge in [0.1, 0.15) is 5.75 Å².